The molecule has 0 aliphatic carbocycles. The molecule has 0 bridgehead atoms. The molecule has 0 atom stereocenters. The van der Waals surface area contributed by atoms with Crippen molar-refractivity contribution in [3.63, 3.8) is 0 Å². The lowest BCUT2D eigenvalue weighted by atomic mass is 10.3. The summed E-state index contributed by atoms with van der Waals surface area (Å²) >= 11 is 0. The van der Waals surface area contributed by atoms with Crippen molar-refractivity contribution in [1.29, 1.82) is 0 Å². The van der Waals surface area contributed by atoms with Crippen LogP contribution in [0.15, 0.2) is 35.3 Å². The Balaban J connectivity index is 1.41. The van der Waals surface area contributed by atoms with Gasteiger partial charge in [0.1, 0.15) is 5.82 Å². The van der Waals surface area contributed by atoms with E-state index >= 15 is 0 Å². The van der Waals surface area contributed by atoms with Crippen molar-refractivity contribution in [2.45, 2.75) is 12.7 Å². The summed E-state index contributed by atoms with van der Waals surface area (Å²) in [5.41, 5.74) is -0.0939. The first-order chi connectivity index (χ1) is 13.4. The normalized spacial score (nSPS) is 16.0. The second-order valence-corrected chi connectivity index (χ2v) is 6.40. The Morgan fingerprint density at radius 3 is 2.50 bits per heavy atom. The number of halogens is 3. The Hall–Kier alpha value is -3.02. The largest absolute Gasteiger partial charge is 0.453 e. The summed E-state index contributed by atoms with van der Waals surface area (Å²) in [4.78, 5) is 15.8. The fraction of sp³-hybridized carbons (Fsp3) is 0.438. The topological polar surface area (TPSA) is 84.5 Å². The van der Waals surface area contributed by atoms with Gasteiger partial charge in [-0.2, -0.15) is 22.8 Å². The van der Waals surface area contributed by atoms with Crippen molar-refractivity contribution in [2.24, 2.45) is 0 Å². The molecule has 4 rings (SSSR count). The molecule has 3 aromatic rings. The van der Waals surface area contributed by atoms with Crippen LogP contribution in [-0.4, -0.2) is 67.2 Å². The van der Waals surface area contributed by atoms with Gasteiger partial charge in [0.25, 0.3) is 11.4 Å². The number of fused-ring (bicyclic) bond motifs is 1. The number of rotatable bonds is 4. The molecular formula is C16H17F3N8O. The Labute approximate surface area is 157 Å². The number of hydrogen-bond donors (Lipinski definition) is 0. The molecule has 0 aromatic carbocycles. The highest BCUT2D eigenvalue weighted by molar-refractivity contribution is 5.46. The highest BCUT2D eigenvalue weighted by atomic mass is 19.4. The number of aromatic nitrogens is 6. The summed E-state index contributed by atoms with van der Waals surface area (Å²) < 4.78 is 41.2. The van der Waals surface area contributed by atoms with Gasteiger partial charge in [-0.05, 0) is 18.2 Å². The van der Waals surface area contributed by atoms with Crippen LogP contribution < -0.4 is 10.5 Å². The van der Waals surface area contributed by atoms with Crippen molar-refractivity contribution < 1.29 is 13.2 Å². The maximum atomic E-state index is 13.0. The third-order valence-electron chi connectivity index (χ3n) is 4.61. The molecule has 0 radical (unpaired) electrons. The van der Waals surface area contributed by atoms with Crippen LogP contribution in [0.4, 0.5) is 19.0 Å². The monoisotopic (exact) mass is 394 g/mol. The van der Waals surface area contributed by atoms with Gasteiger partial charge >= 0.3 is 6.18 Å². The molecule has 28 heavy (non-hydrogen) atoms. The number of hydrogen-bond acceptors (Lipinski definition) is 7. The maximum absolute atomic E-state index is 13.0. The Morgan fingerprint density at radius 1 is 1.00 bits per heavy atom. The summed E-state index contributed by atoms with van der Waals surface area (Å²) in [6, 6.07) is 6.19. The van der Waals surface area contributed by atoms with E-state index in [9.17, 15) is 18.0 Å². The van der Waals surface area contributed by atoms with E-state index in [1.807, 2.05) is 4.90 Å². The summed E-state index contributed by atoms with van der Waals surface area (Å²) in [5.74, 6) is -0.692. The number of anilines is 1. The summed E-state index contributed by atoms with van der Waals surface area (Å²) in [6.45, 7) is 3.78. The van der Waals surface area contributed by atoms with Gasteiger partial charge in [-0.15, -0.1) is 15.3 Å². The van der Waals surface area contributed by atoms with Crippen molar-refractivity contribution in [1.82, 2.24) is 34.5 Å². The van der Waals surface area contributed by atoms with Gasteiger partial charge in [0, 0.05) is 45.0 Å². The molecule has 1 aliphatic rings. The molecule has 0 saturated carbocycles. The van der Waals surface area contributed by atoms with E-state index < -0.39 is 12.0 Å². The van der Waals surface area contributed by atoms with Crippen LogP contribution in [0.2, 0.25) is 0 Å². The Morgan fingerprint density at radius 2 is 1.79 bits per heavy atom. The van der Waals surface area contributed by atoms with E-state index in [0.29, 0.717) is 45.1 Å². The first-order valence-electron chi connectivity index (χ1n) is 8.71. The molecule has 3 aromatic heterocycles. The van der Waals surface area contributed by atoms with E-state index in [4.69, 9.17) is 0 Å². The number of alkyl halides is 3. The zero-order valence-corrected chi connectivity index (χ0v) is 14.7. The second kappa shape index (κ2) is 7.19. The first-order valence-corrected chi connectivity index (χ1v) is 8.71. The zero-order valence-electron chi connectivity index (χ0n) is 14.7. The summed E-state index contributed by atoms with van der Waals surface area (Å²) in [7, 11) is 0. The third kappa shape index (κ3) is 3.67. The first kappa shape index (κ1) is 18.3. The molecule has 4 heterocycles. The van der Waals surface area contributed by atoms with Gasteiger partial charge in [0.2, 0.25) is 0 Å². The van der Waals surface area contributed by atoms with Crippen molar-refractivity contribution in [3.05, 3.63) is 46.6 Å². The quantitative estimate of drug-likeness (QED) is 0.638. The number of piperazine rings is 1. The van der Waals surface area contributed by atoms with Gasteiger partial charge < -0.3 is 4.90 Å². The van der Waals surface area contributed by atoms with Crippen LogP contribution in [0.25, 0.3) is 5.65 Å². The molecule has 148 valence electrons. The standard InChI is InChI=1S/C16H17F3N8O/c17-16(18,19)15-22-21-12-3-4-13(23-27(12)15)25-9-6-24(7-10-25)8-11-26-14(28)2-1-5-20-26/h1-5H,6-11H2. The number of nitrogens with zero attached hydrogens (tertiary/aromatic N) is 8. The molecule has 0 N–H and O–H groups in total. The van der Waals surface area contributed by atoms with E-state index in [2.05, 4.69) is 25.3 Å². The lowest BCUT2D eigenvalue weighted by molar-refractivity contribution is -0.146. The average Bonchev–Trinajstić information content (AvgIpc) is 3.11. The van der Waals surface area contributed by atoms with Gasteiger partial charge in [0.05, 0.1) is 6.54 Å². The molecule has 12 heteroatoms. The van der Waals surface area contributed by atoms with E-state index in [0.717, 1.165) is 4.52 Å². The van der Waals surface area contributed by atoms with Gasteiger partial charge in [-0.25, -0.2) is 4.68 Å². The molecule has 1 fully saturated rings. The summed E-state index contributed by atoms with van der Waals surface area (Å²) in [5, 5.41) is 14.8. The zero-order chi connectivity index (χ0) is 19.7. The van der Waals surface area contributed by atoms with Crippen molar-refractivity contribution >= 4 is 11.5 Å². The molecular weight excluding hydrogens is 377 g/mol. The summed E-state index contributed by atoms with van der Waals surface area (Å²) in [6.07, 6.45) is -3.05. The van der Waals surface area contributed by atoms with Gasteiger partial charge in [-0.3, -0.25) is 9.69 Å². The fourth-order valence-electron chi connectivity index (χ4n) is 3.12. The molecule has 0 spiro atoms. The van der Waals surface area contributed by atoms with Crippen LogP contribution in [0, 0.1) is 0 Å². The maximum Gasteiger partial charge on any atom is 0.453 e. The van der Waals surface area contributed by atoms with Crippen LogP contribution in [0.5, 0.6) is 0 Å². The molecule has 0 unspecified atom stereocenters. The SMILES string of the molecule is O=c1cccnn1CCN1CCN(c2ccc3nnc(C(F)(F)F)n3n2)CC1. The van der Waals surface area contributed by atoms with Crippen molar-refractivity contribution in [3.8, 4) is 0 Å². The molecule has 1 aliphatic heterocycles. The fourth-order valence-corrected chi connectivity index (χ4v) is 3.12. The molecule has 0 amide bonds. The Bertz CT molecular complexity index is 1020. The smallest absolute Gasteiger partial charge is 0.353 e. The highest BCUT2D eigenvalue weighted by Crippen LogP contribution is 2.28. The molecule has 1 saturated heterocycles. The van der Waals surface area contributed by atoms with E-state index in [-0.39, 0.29) is 11.2 Å². The lowest BCUT2D eigenvalue weighted by Gasteiger charge is -2.35. The van der Waals surface area contributed by atoms with Crippen molar-refractivity contribution in [2.75, 3.05) is 37.6 Å². The van der Waals surface area contributed by atoms with Crippen LogP contribution in [-0.2, 0) is 12.7 Å². The minimum Gasteiger partial charge on any atom is -0.353 e. The minimum atomic E-state index is -4.62. The van der Waals surface area contributed by atoms with Crippen LogP contribution >= 0.6 is 0 Å². The van der Waals surface area contributed by atoms with E-state index in [1.165, 1.54) is 16.8 Å². The van der Waals surface area contributed by atoms with E-state index in [1.54, 1.807) is 18.3 Å². The predicted molar refractivity (Wildman–Crippen MR) is 92.9 cm³/mol. The van der Waals surface area contributed by atoms with Crippen LogP contribution in [0.3, 0.4) is 0 Å². The second-order valence-electron chi connectivity index (χ2n) is 6.40. The minimum absolute atomic E-state index is 0.0514. The third-order valence-corrected chi connectivity index (χ3v) is 4.61. The lowest BCUT2D eigenvalue weighted by Crippen LogP contribution is -2.48. The Kier molecular flexibility index (Phi) is 4.71. The highest BCUT2D eigenvalue weighted by Gasteiger charge is 2.37. The average molecular weight is 394 g/mol. The molecule has 9 nitrogen and oxygen atoms in total. The van der Waals surface area contributed by atoms with Crippen LogP contribution in [0.1, 0.15) is 5.82 Å². The van der Waals surface area contributed by atoms with Gasteiger partial charge in [0.15, 0.2) is 5.65 Å². The predicted octanol–water partition coefficient (Wildman–Crippen LogP) is 0.522. The van der Waals surface area contributed by atoms with Gasteiger partial charge in [-0.1, -0.05) is 0 Å².